The van der Waals surface area contributed by atoms with Crippen LogP contribution in [-0.4, -0.2) is 24.0 Å². The molecule has 2 aromatic rings. The zero-order valence-corrected chi connectivity index (χ0v) is 10.4. The van der Waals surface area contributed by atoms with Gasteiger partial charge in [0, 0.05) is 0 Å². The number of ether oxygens (including phenoxy) is 1. The molecule has 0 saturated carbocycles. The zero-order valence-electron chi connectivity index (χ0n) is 9.56. The first-order chi connectivity index (χ1) is 8.11. The number of carbonyl (C=O) groups is 1. The SMILES string of the molecule is COc1cccc2sc(NC(=O)C(C)N)nc12. The van der Waals surface area contributed by atoms with Crippen molar-refractivity contribution in [2.45, 2.75) is 13.0 Å². The number of nitrogens with zero attached hydrogens (tertiary/aromatic N) is 1. The van der Waals surface area contributed by atoms with Gasteiger partial charge in [-0.1, -0.05) is 17.4 Å². The fourth-order valence-corrected chi connectivity index (χ4v) is 2.25. The van der Waals surface area contributed by atoms with Gasteiger partial charge in [-0.15, -0.1) is 0 Å². The molecule has 1 unspecified atom stereocenters. The monoisotopic (exact) mass is 251 g/mol. The molecule has 0 aliphatic heterocycles. The third-order valence-corrected chi connectivity index (χ3v) is 3.18. The second kappa shape index (κ2) is 4.68. The maximum atomic E-state index is 11.4. The topological polar surface area (TPSA) is 77.2 Å². The van der Waals surface area contributed by atoms with E-state index in [2.05, 4.69) is 10.3 Å². The van der Waals surface area contributed by atoms with Crippen molar-refractivity contribution in [2.75, 3.05) is 12.4 Å². The van der Waals surface area contributed by atoms with Gasteiger partial charge in [-0.05, 0) is 19.1 Å². The molecule has 0 fully saturated rings. The van der Waals surface area contributed by atoms with E-state index >= 15 is 0 Å². The van der Waals surface area contributed by atoms with Crippen molar-refractivity contribution in [1.82, 2.24) is 4.98 Å². The average molecular weight is 251 g/mol. The molecule has 0 bridgehead atoms. The molecule has 0 aliphatic carbocycles. The Morgan fingerprint density at radius 1 is 1.59 bits per heavy atom. The Bertz CT molecular complexity index is 551. The molecule has 0 saturated heterocycles. The highest BCUT2D eigenvalue weighted by Crippen LogP contribution is 2.31. The Morgan fingerprint density at radius 2 is 2.35 bits per heavy atom. The van der Waals surface area contributed by atoms with Crippen molar-refractivity contribution in [3.63, 3.8) is 0 Å². The highest BCUT2D eigenvalue weighted by Gasteiger charge is 2.12. The first kappa shape index (κ1) is 11.8. The molecule has 90 valence electrons. The Kier molecular flexibility index (Phi) is 3.26. The van der Waals surface area contributed by atoms with Crippen LogP contribution in [-0.2, 0) is 4.79 Å². The maximum absolute atomic E-state index is 11.4. The summed E-state index contributed by atoms with van der Waals surface area (Å²) in [4.78, 5) is 15.8. The number of hydrogen-bond acceptors (Lipinski definition) is 5. The molecule has 6 heteroatoms. The number of carbonyl (C=O) groups excluding carboxylic acids is 1. The molecule has 3 N–H and O–H groups in total. The molecule has 17 heavy (non-hydrogen) atoms. The molecule has 5 nitrogen and oxygen atoms in total. The number of benzene rings is 1. The fraction of sp³-hybridized carbons (Fsp3) is 0.273. The lowest BCUT2D eigenvalue weighted by molar-refractivity contribution is -0.117. The molecular formula is C11H13N3O2S. The minimum atomic E-state index is -0.552. The van der Waals surface area contributed by atoms with Crippen LogP contribution in [0.4, 0.5) is 5.13 Å². The molecule has 1 amide bonds. The van der Waals surface area contributed by atoms with Crippen LogP contribution in [0.15, 0.2) is 18.2 Å². The highest BCUT2D eigenvalue weighted by atomic mass is 32.1. The molecule has 2 rings (SSSR count). The number of nitrogens with one attached hydrogen (secondary N) is 1. The van der Waals surface area contributed by atoms with Crippen LogP contribution < -0.4 is 15.8 Å². The lowest BCUT2D eigenvalue weighted by Gasteiger charge is -2.03. The third-order valence-electron chi connectivity index (χ3n) is 2.25. The van der Waals surface area contributed by atoms with Crippen molar-refractivity contribution in [3.05, 3.63) is 18.2 Å². The number of anilines is 1. The second-order valence-electron chi connectivity index (χ2n) is 3.60. The van der Waals surface area contributed by atoms with E-state index in [-0.39, 0.29) is 5.91 Å². The van der Waals surface area contributed by atoms with Gasteiger partial charge in [-0.25, -0.2) is 4.98 Å². The quantitative estimate of drug-likeness (QED) is 0.868. The summed E-state index contributed by atoms with van der Waals surface area (Å²) in [7, 11) is 1.59. The Labute approximate surface area is 103 Å². The van der Waals surface area contributed by atoms with Gasteiger partial charge in [0.15, 0.2) is 5.13 Å². The molecule has 0 radical (unpaired) electrons. The number of hydrogen-bond donors (Lipinski definition) is 2. The van der Waals surface area contributed by atoms with Crippen LogP contribution in [0.3, 0.4) is 0 Å². The predicted octanol–water partition coefficient (Wildman–Crippen LogP) is 1.59. The number of nitrogens with two attached hydrogens (primary N) is 1. The van der Waals surface area contributed by atoms with Gasteiger partial charge in [0.05, 0.1) is 17.9 Å². The first-order valence-electron chi connectivity index (χ1n) is 5.12. The van der Waals surface area contributed by atoms with Gasteiger partial charge in [-0.3, -0.25) is 4.79 Å². The summed E-state index contributed by atoms with van der Waals surface area (Å²) in [5.41, 5.74) is 6.22. The van der Waals surface area contributed by atoms with Gasteiger partial charge in [0.1, 0.15) is 11.3 Å². The van der Waals surface area contributed by atoms with Crippen molar-refractivity contribution >= 4 is 32.6 Å². The Morgan fingerprint density at radius 3 is 3.00 bits per heavy atom. The summed E-state index contributed by atoms with van der Waals surface area (Å²) in [5, 5.41) is 3.20. The van der Waals surface area contributed by atoms with Gasteiger partial charge in [-0.2, -0.15) is 0 Å². The molecule has 1 aromatic heterocycles. The highest BCUT2D eigenvalue weighted by molar-refractivity contribution is 7.22. The van der Waals surface area contributed by atoms with Gasteiger partial charge < -0.3 is 15.8 Å². The number of para-hydroxylation sites is 1. The van der Waals surface area contributed by atoms with Crippen molar-refractivity contribution in [2.24, 2.45) is 5.73 Å². The lowest BCUT2D eigenvalue weighted by atomic mass is 10.3. The minimum Gasteiger partial charge on any atom is -0.494 e. The number of fused-ring (bicyclic) bond motifs is 1. The number of amides is 1. The van der Waals surface area contributed by atoms with E-state index in [4.69, 9.17) is 10.5 Å². The largest absolute Gasteiger partial charge is 0.494 e. The van der Waals surface area contributed by atoms with Crippen LogP contribution in [0.5, 0.6) is 5.75 Å². The van der Waals surface area contributed by atoms with Crippen LogP contribution in [0.2, 0.25) is 0 Å². The molecule has 0 spiro atoms. The van der Waals surface area contributed by atoms with E-state index in [1.54, 1.807) is 14.0 Å². The van der Waals surface area contributed by atoms with Gasteiger partial charge in [0.2, 0.25) is 5.91 Å². The van der Waals surface area contributed by atoms with Gasteiger partial charge >= 0.3 is 0 Å². The predicted molar refractivity (Wildman–Crippen MR) is 68.5 cm³/mol. The summed E-state index contributed by atoms with van der Waals surface area (Å²) in [6.07, 6.45) is 0. The zero-order chi connectivity index (χ0) is 12.4. The normalized spacial score (nSPS) is 12.4. The van der Waals surface area contributed by atoms with E-state index in [0.717, 1.165) is 10.2 Å². The number of rotatable bonds is 3. The van der Waals surface area contributed by atoms with Crippen molar-refractivity contribution in [3.8, 4) is 5.75 Å². The Hall–Kier alpha value is -1.66. The molecule has 1 atom stereocenters. The number of aromatic nitrogens is 1. The van der Waals surface area contributed by atoms with Crippen LogP contribution in [0.1, 0.15) is 6.92 Å². The van der Waals surface area contributed by atoms with E-state index in [1.807, 2.05) is 18.2 Å². The summed E-state index contributed by atoms with van der Waals surface area (Å²) >= 11 is 1.39. The van der Waals surface area contributed by atoms with E-state index in [1.165, 1.54) is 11.3 Å². The second-order valence-corrected chi connectivity index (χ2v) is 4.63. The summed E-state index contributed by atoms with van der Waals surface area (Å²) in [5.74, 6) is 0.447. The van der Waals surface area contributed by atoms with Crippen LogP contribution >= 0.6 is 11.3 Å². The number of thiazole rings is 1. The minimum absolute atomic E-state index is 0.247. The number of methoxy groups -OCH3 is 1. The van der Waals surface area contributed by atoms with Gasteiger partial charge in [0.25, 0.3) is 0 Å². The third kappa shape index (κ3) is 2.37. The molecular weight excluding hydrogens is 238 g/mol. The van der Waals surface area contributed by atoms with Crippen LogP contribution in [0.25, 0.3) is 10.2 Å². The maximum Gasteiger partial charge on any atom is 0.242 e. The first-order valence-corrected chi connectivity index (χ1v) is 5.93. The van der Waals surface area contributed by atoms with Crippen molar-refractivity contribution in [1.29, 1.82) is 0 Å². The molecule has 0 aliphatic rings. The molecule has 1 heterocycles. The van der Waals surface area contributed by atoms with E-state index < -0.39 is 6.04 Å². The van der Waals surface area contributed by atoms with Crippen LogP contribution in [0, 0.1) is 0 Å². The molecule has 1 aromatic carbocycles. The van der Waals surface area contributed by atoms with E-state index in [0.29, 0.717) is 10.9 Å². The lowest BCUT2D eigenvalue weighted by Crippen LogP contribution is -2.32. The summed E-state index contributed by atoms with van der Waals surface area (Å²) in [6, 6.07) is 5.09. The smallest absolute Gasteiger partial charge is 0.242 e. The summed E-state index contributed by atoms with van der Waals surface area (Å²) in [6.45, 7) is 1.63. The van der Waals surface area contributed by atoms with E-state index in [9.17, 15) is 4.79 Å². The average Bonchev–Trinajstić information content (AvgIpc) is 2.70. The Balaban J connectivity index is 2.35. The summed E-state index contributed by atoms with van der Waals surface area (Å²) < 4.78 is 6.16. The standard InChI is InChI=1S/C11H13N3O2S/c1-6(12)10(15)14-11-13-9-7(16-2)4-3-5-8(9)17-11/h3-6H,12H2,1-2H3,(H,13,14,15). The van der Waals surface area contributed by atoms with Crippen molar-refractivity contribution < 1.29 is 9.53 Å². The fourth-order valence-electron chi connectivity index (χ4n) is 1.36.